The van der Waals surface area contributed by atoms with Crippen molar-refractivity contribution in [3.8, 4) is 11.1 Å². The highest BCUT2D eigenvalue weighted by atomic mass is 19.1. The maximum absolute atomic E-state index is 14.4. The minimum absolute atomic E-state index is 0.0671. The summed E-state index contributed by atoms with van der Waals surface area (Å²) in [6.07, 6.45) is 0. The van der Waals surface area contributed by atoms with E-state index in [1.165, 1.54) is 16.7 Å². The van der Waals surface area contributed by atoms with E-state index in [1.807, 2.05) is 18.2 Å². The molecule has 0 nitrogen and oxygen atoms in total. The predicted molar refractivity (Wildman–Crippen MR) is 81.5 cm³/mol. The number of fused-ring (bicyclic) bond motifs is 5. The Morgan fingerprint density at radius 2 is 1.60 bits per heavy atom. The Labute approximate surface area is 117 Å². The average Bonchev–Trinajstić information content (AvgIpc) is 2.68. The van der Waals surface area contributed by atoms with Gasteiger partial charge >= 0.3 is 0 Å². The van der Waals surface area contributed by atoms with Crippen molar-refractivity contribution < 1.29 is 4.39 Å². The van der Waals surface area contributed by atoms with Crippen LogP contribution in [0.3, 0.4) is 0 Å². The molecule has 1 heteroatoms. The van der Waals surface area contributed by atoms with Gasteiger partial charge in [0.2, 0.25) is 0 Å². The number of benzene rings is 3. The number of hydrogen-bond donors (Lipinski definition) is 0. The van der Waals surface area contributed by atoms with Crippen LogP contribution in [-0.2, 0) is 5.41 Å². The third kappa shape index (κ3) is 1.30. The molecular formula is C19H15F. The monoisotopic (exact) mass is 262 g/mol. The average molecular weight is 262 g/mol. The Kier molecular flexibility index (Phi) is 2.15. The van der Waals surface area contributed by atoms with Gasteiger partial charge in [0, 0.05) is 10.8 Å². The lowest BCUT2D eigenvalue weighted by molar-refractivity contribution is 0.639. The molecule has 0 spiro atoms. The van der Waals surface area contributed by atoms with E-state index >= 15 is 0 Å². The van der Waals surface area contributed by atoms with Crippen LogP contribution in [0.5, 0.6) is 0 Å². The van der Waals surface area contributed by atoms with Gasteiger partial charge in [0.1, 0.15) is 5.82 Å². The highest BCUT2D eigenvalue weighted by molar-refractivity contribution is 6.02. The first-order valence-electron chi connectivity index (χ1n) is 6.92. The fourth-order valence-corrected chi connectivity index (χ4v) is 3.53. The maximum atomic E-state index is 14.4. The Balaban J connectivity index is 2.25. The van der Waals surface area contributed by atoms with Crippen molar-refractivity contribution in [3.63, 3.8) is 0 Å². The second-order valence-corrected chi connectivity index (χ2v) is 6.00. The fourth-order valence-electron chi connectivity index (χ4n) is 3.53. The lowest BCUT2D eigenvalue weighted by Crippen LogP contribution is -2.14. The normalized spacial score (nSPS) is 15.2. The van der Waals surface area contributed by atoms with Crippen LogP contribution >= 0.6 is 0 Å². The summed E-state index contributed by atoms with van der Waals surface area (Å²) in [5, 5.41) is 1.72. The first kappa shape index (κ1) is 11.7. The second-order valence-electron chi connectivity index (χ2n) is 6.00. The van der Waals surface area contributed by atoms with Gasteiger partial charge in [-0.1, -0.05) is 62.4 Å². The van der Waals surface area contributed by atoms with E-state index in [0.717, 1.165) is 16.3 Å². The van der Waals surface area contributed by atoms with Crippen molar-refractivity contribution >= 4 is 10.8 Å². The van der Waals surface area contributed by atoms with Crippen molar-refractivity contribution in [3.05, 3.63) is 71.5 Å². The first-order valence-corrected chi connectivity index (χ1v) is 6.92. The van der Waals surface area contributed by atoms with Crippen LogP contribution in [0, 0.1) is 5.82 Å². The van der Waals surface area contributed by atoms with Gasteiger partial charge in [-0.25, -0.2) is 4.39 Å². The molecule has 1 aliphatic carbocycles. The molecule has 0 radical (unpaired) electrons. The third-order valence-corrected chi connectivity index (χ3v) is 4.54. The highest BCUT2D eigenvalue weighted by Crippen LogP contribution is 2.51. The molecule has 3 aromatic rings. The van der Waals surface area contributed by atoms with E-state index in [2.05, 4.69) is 38.1 Å². The van der Waals surface area contributed by atoms with Crippen molar-refractivity contribution in [2.24, 2.45) is 0 Å². The van der Waals surface area contributed by atoms with E-state index in [0.29, 0.717) is 0 Å². The summed E-state index contributed by atoms with van der Waals surface area (Å²) in [7, 11) is 0. The molecule has 0 saturated heterocycles. The summed E-state index contributed by atoms with van der Waals surface area (Å²) >= 11 is 0. The number of rotatable bonds is 0. The second kappa shape index (κ2) is 3.69. The number of halogens is 1. The quantitative estimate of drug-likeness (QED) is 0.516. The summed E-state index contributed by atoms with van der Waals surface area (Å²) < 4.78 is 14.4. The van der Waals surface area contributed by atoms with Crippen LogP contribution in [0.1, 0.15) is 25.0 Å². The minimum atomic E-state index is -0.133. The maximum Gasteiger partial charge on any atom is 0.131 e. The van der Waals surface area contributed by atoms with Gasteiger partial charge < -0.3 is 0 Å². The zero-order chi connectivity index (χ0) is 13.9. The summed E-state index contributed by atoms with van der Waals surface area (Å²) in [5.41, 5.74) is 4.68. The fraction of sp³-hybridized carbons (Fsp3) is 0.158. The zero-order valence-electron chi connectivity index (χ0n) is 11.6. The molecule has 3 aromatic carbocycles. The molecular weight excluding hydrogens is 247 g/mol. The summed E-state index contributed by atoms with van der Waals surface area (Å²) in [5.74, 6) is -0.133. The smallest absolute Gasteiger partial charge is 0.131 e. The van der Waals surface area contributed by atoms with Crippen molar-refractivity contribution in [2.75, 3.05) is 0 Å². The summed E-state index contributed by atoms with van der Waals surface area (Å²) in [4.78, 5) is 0. The molecule has 0 atom stereocenters. The summed E-state index contributed by atoms with van der Waals surface area (Å²) in [6, 6.07) is 17.8. The van der Waals surface area contributed by atoms with Gasteiger partial charge in [-0.2, -0.15) is 0 Å². The topological polar surface area (TPSA) is 0 Å². The van der Waals surface area contributed by atoms with Crippen LogP contribution in [0.4, 0.5) is 4.39 Å². The van der Waals surface area contributed by atoms with Gasteiger partial charge in [-0.3, -0.25) is 0 Å². The third-order valence-electron chi connectivity index (χ3n) is 4.54. The van der Waals surface area contributed by atoms with Gasteiger partial charge in [-0.15, -0.1) is 0 Å². The van der Waals surface area contributed by atoms with Crippen molar-refractivity contribution in [1.82, 2.24) is 0 Å². The van der Waals surface area contributed by atoms with Gasteiger partial charge in [0.05, 0.1) is 0 Å². The largest absolute Gasteiger partial charge is 0.206 e. The Morgan fingerprint density at radius 1 is 0.800 bits per heavy atom. The molecule has 0 aliphatic heterocycles. The van der Waals surface area contributed by atoms with Crippen LogP contribution in [0.2, 0.25) is 0 Å². The highest BCUT2D eigenvalue weighted by Gasteiger charge is 2.36. The van der Waals surface area contributed by atoms with Crippen LogP contribution in [-0.4, -0.2) is 0 Å². The lowest BCUT2D eigenvalue weighted by Gasteiger charge is -2.21. The van der Waals surface area contributed by atoms with Crippen LogP contribution in [0.15, 0.2) is 54.6 Å². The predicted octanol–water partition coefficient (Wildman–Crippen LogP) is 5.29. The van der Waals surface area contributed by atoms with Crippen LogP contribution in [0.25, 0.3) is 21.9 Å². The van der Waals surface area contributed by atoms with Gasteiger partial charge in [0.25, 0.3) is 0 Å². The molecule has 98 valence electrons. The van der Waals surface area contributed by atoms with E-state index in [-0.39, 0.29) is 11.2 Å². The van der Waals surface area contributed by atoms with E-state index in [4.69, 9.17) is 0 Å². The lowest BCUT2D eigenvalue weighted by atomic mass is 9.82. The molecule has 0 unspecified atom stereocenters. The van der Waals surface area contributed by atoms with Crippen molar-refractivity contribution in [1.29, 1.82) is 0 Å². The Hall–Kier alpha value is -2.15. The van der Waals surface area contributed by atoms with Gasteiger partial charge in [0.15, 0.2) is 0 Å². The zero-order valence-corrected chi connectivity index (χ0v) is 11.6. The molecule has 0 saturated carbocycles. The molecule has 0 heterocycles. The molecule has 0 aromatic heterocycles. The van der Waals surface area contributed by atoms with E-state index in [1.54, 1.807) is 12.1 Å². The Morgan fingerprint density at radius 3 is 2.45 bits per heavy atom. The molecule has 0 fully saturated rings. The molecule has 0 N–H and O–H groups in total. The molecule has 0 bridgehead atoms. The molecule has 1 aliphatic rings. The molecule has 0 amide bonds. The standard InChI is InChI=1S/C19H15F/c1-19(2)14-8-4-3-7-13(14)18-15(19)11-10-12-6-5-9-16(20)17(12)18/h3-11H,1-2H3. The Bertz CT molecular complexity index is 844. The molecule has 20 heavy (non-hydrogen) atoms. The minimum Gasteiger partial charge on any atom is -0.206 e. The van der Waals surface area contributed by atoms with Crippen molar-refractivity contribution in [2.45, 2.75) is 19.3 Å². The van der Waals surface area contributed by atoms with E-state index in [9.17, 15) is 4.39 Å². The molecule has 4 rings (SSSR count). The SMILES string of the molecule is CC1(C)c2ccccc2-c2c1ccc1cccc(F)c21. The van der Waals surface area contributed by atoms with E-state index < -0.39 is 0 Å². The van der Waals surface area contributed by atoms with Crippen LogP contribution < -0.4 is 0 Å². The summed E-state index contributed by atoms with van der Waals surface area (Å²) in [6.45, 7) is 4.43. The first-order chi connectivity index (χ1) is 9.60. The van der Waals surface area contributed by atoms with Gasteiger partial charge in [-0.05, 0) is 33.7 Å². The number of hydrogen-bond acceptors (Lipinski definition) is 0.